The number of carbonyl (C=O) groups excluding carboxylic acids is 1. The predicted octanol–water partition coefficient (Wildman–Crippen LogP) is 4.12. The molecule has 3 heterocycles. The first-order chi connectivity index (χ1) is 14.0. The topological polar surface area (TPSA) is 75.4 Å². The van der Waals surface area contributed by atoms with Crippen LogP contribution in [0.15, 0.2) is 22.9 Å². The zero-order chi connectivity index (χ0) is 20.8. The molecule has 1 aliphatic heterocycles. The van der Waals surface area contributed by atoms with Gasteiger partial charge in [0.2, 0.25) is 17.6 Å². The van der Waals surface area contributed by atoms with Crippen LogP contribution in [0.25, 0.3) is 11.4 Å². The molecule has 7 nitrogen and oxygen atoms in total. The molecule has 2 aromatic heterocycles. The maximum absolute atomic E-state index is 12.8. The molecule has 3 rings (SSSR count). The molecule has 0 aromatic carbocycles. The highest BCUT2D eigenvalue weighted by molar-refractivity contribution is 5.79. The first-order valence-electron chi connectivity index (χ1n) is 10.9. The summed E-state index contributed by atoms with van der Waals surface area (Å²) in [6.07, 6.45) is 5.90. The van der Waals surface area contributed by atoms with Crippen molar-refractivity contribution < 1.29 is 9.32 Å². The zero-order valence-electron chi connectivity index (χ0n) is 18.1. The van der Waals surface area contributed by atoms with E-state index in [1.165, 1.54) is 0 Å². The fraction of sp³-hybridized carbons (Fsp3) is 0.636. The average Bonchev–Trinajstić information content (AvgIpc) is 3.24. The number of rotatable bonds is 8. The van der Waals surface area contributed by atoms with E-state index in [1.54, 1.807) is 6.20 Å². The Morgan fingerprint density at radius 1 is 1.10 bits per heavy atom. The van der Waals surface area contributed by atoms with Crippen molar-refractivity contribution in [2.75, 3.05) is 31.1 Å². The Morgan fingerprint density at radius 2 is 1.79 bits per heavy atom. The van der Waals surface area contributed by atoms with E-state index >= 15 is 0 Å². The Kier molecular flexibility index (Phi) is 7.23. The Balaban J connectivity index is 1.58. The average molecular weight is 400 g/mol. The third-order valence-corrected chi connectivity index (χ3v) is 5.48. The number of hydrogen-bond acceptors (Lipinski definition) is 6. The first kappa shape index (κ1) is 21.3. The number of carbonyl (C=O) groups is 1. The van der Waals surface area contributed by atoms with E-state index in [1.807, 2.05) is 30.9 Å². The number of anilines is 1. The van der Waals surface area contributed by atoms with Gasteiger partial charge in [0, 0.05) is 49.8 Å². The van der Waals surface area contributed by atoms with Crippen molar-refractivity contribution in [2.45, 2.75) is 59.3 Å². The van der Waals surface area contributed by atoms with Crippen LogP contribution in [-0.2, 0) is 4.79 Å². The van der Waals surface area contributed by atoms with E-state index in [0.717, 1.165) is 63.2 Å². The van der Waals surface area contributed by atoms with Gasteiger partial charge in [-0.05, 0) is 25.0 Å². The highest BCUT2D eigenvalue weighted by Crippen LogP contribution is 2.23. The van der Waals surface area contributed by atoms with Gasteiger partial charge in [0.15, 0.2) is 0 Å². The Labute approximate surface area is 173 Å². The molecule has 29 heavy (non-hydrogen) atoms. The third-order valence-electron chi connectivity index (χ3n) is 5.48. The van der Waals surface area contributed by atoms with E-state index in [2.05, 4.69) is 33.9 Å². The predicted molar refractivity (Wildman–Crippen MR) is 114 cm³/mol. The lowest BCUT2D eigenvalue weighted by Gasteiger charge is -2.37. The molecule has 0 N–H and O–H groups in total. The van der Waals surface area contributed by atoms with Crippen LogP contribution < -0.4 is 4.90 Å². The van der Waals surface area contributed by atoms with Gasteiger partial charge in [-0.25, -0.2) is 4.98 Å². The first-order valence-corrected chi connectivity index (χ1v) is 10.9. The molecule has 0 spiro atoms. The number of aromatic nitrogens is 3. The van der Waals surface area contributed by atoms with Crippen molar-refractivity contribution in [2.24, 2.45) is 5.92 Å². The van der Waals surface area contributed by atoms with E-state index in [4.69, 9.17) is 4.52 Å². The number of piperazine rings is 1. The van der Waals surface area contributed by atoms with Gasteiger partial charge in [0.1, 0.15) is 5.82 Å². The summed E-state index contributed by atoms with van der Waals surface area (Å²) >= 11 is 0. The third kappa shape index (κ3) is 5.14. The molecule has 1 fully saturated rings. The molecule has 0 aliphatic carbocycles. The normalized spacial score (nSPS) is 14.8. The number of pyridine rings is 1. The second kappa shape index (κ2) is 9.85. The fourth-order valence-electron chi connectivity index (χ4n) is 3.79. The number of amides is 1. The van der Waals surface area contributed by atoms with Gasteiger partial charge in [-0.3, -0.25) is 4.79 Å². The lowest BCUT2D eigenvalue weighted by atomic mass is 9.96. The minimum atomic E-state index is 0.180. The summed E-state index contributed by atoms with van der Waals surface area (Å²) in [6, 6.07) is 3.97. The summed E-state index contributed by atoms with van der Waals surface area (Å²) in [6.45, 7) is 11.5. The summed E-state index contributed by atoms with van der Waals surface area (Å²) < 4.78 is 5.28. The minimum absolute atomic E-state index is 0.180. The summed E-state index contributed by atoms with van der Waals surface area (Å²) in [7, 11) is 0. The van der Waals surface area contributed by atoms with E-state index < -0.39 is 0 Å². The molecule has 1 aliphatic rings. The van der Waals surface area contributed by atoms with Gasteiger partial charge in [0.05, 0.1) is 0 Å². The molecule has 1 saturated heterocycles. The molecule has 7 heteroatoms. The standard InChI is InChI=1S/C22H33N5O2/c1-5-7-17(8-6-2)22(28)27-13-11-26(12-14-27)19-10-9-18(15-23-19)20-24-21(16(3)4)29-25-20/h9-10,15-17H,5-8,11-14H2,1-4H3. The quantitative estimate of drug-likeness (QED) is 0.665. The van der Waals surface area contributed by atoms with Crippen LogP contribution in [0.5, 0.6) is 0 Å². The Morgan fingerprint density at radius 3 is 2.31 bits per heavy atom. The molecule has 2 aromatic rings. The summed E-state index contributed by atoms with van der Waals surface area (Å²) in [5.41, 5.74) is 0.847. The van der Waals surface area contributed by atoms with E-state index in [0.29, 0.717) is 17.6 Å². The van der Waals surface area contributed by atoms with Gasteiger partial charge in [0.25, 0.3) is 0 Å². The van der Waals surface area contributed by atoms with Crippen LogP contribution in [0.1, 0.15) is 65.2 Å². The molecule has 0 unspecified atom stereocenters. The van der Waals surface area contributed by atoms with Crippen LogP contribution in [-0.4, -0.2) is 52.1 Å². The summed E-state index contributed by atoms with van der Waals surface area (Å²) in [5.74, 6) is 2.84. The molecule has 0 bridgehead atoms. The minimum Gasteiger partial charge on any atom is -0.353 e. The lowest BCUT2D eigenvalue weighted by Crippen LogP contribution is -2.50. The Bertz CT molecular complexity index is 773. The lowest BCUT2D eigenvalue weighted by molar-refractivity contribution is -0.136. The van der Waals surface area contributed by atoms with Gasteiger partial charge in [-0.15, -0.1) is 0 Å². The number of nitrogens with zero attached hydrogens (tertiary/aromatic N) is 5. The zero-order valence-corrected chi connectivity index (χ0v) is 18.1. The van der Waals surface area contributed by atoms with Crippen LogP contribution in [0.4, 0.5) is 5.82 Å². The maximum Gasteiger partial charge on any atom is 0.229 e. The van der Waals surface area contributed by atoms with Crippen molar-refractivity contribution in [3.63, 3.8) is 0 Å². The monoisotopic (exact) mass is 399 g/mol. The van der Waals surface area contributed by atoms with Gasteiger partial charge < -0.3 is 14.3 Å². The van der Waals surface area contributed by atoms with Crippen LogP contribution in [0.2, 0.25) is 0 Å². The fourth-order valence-corrected chi connectivity index (χ4v) is 3.79. The SMILES string of the molecule is CCCC(CCC)C(=O)N1CCN(c2ccc(-c3noc(C(C)C)n3)cn2)CC1. The molecular weight excluding hydrogens is 366 g/mol. The van der Waals surface area contributed by atoms with Crippen molar-refractivity contribution in [3.8, 4) is 11.4 Å². The molecule has 0 saturated carbocycles. The second-order valence-corrected chi connectivity index (χ2v) is 8.10. The molecular formula is C22H33N5O2. The highest BCUT2D eigenvalue weighted by Gasteiger charge is 2.27. The molecule has 158 valence electrons. The number of hydrogen-bond donors (Lipinski definition) is 0. The molecule has 0 radical (unpaired) electrons. The summed E-state index contributed by atoms with van der Waals surface area (Å²) in [5, 5.41) is 4.04. The highest BCUT2D eigenvalue weighted by atomic mass is 16.5. The van der Waals surface area contributed by atoms with Crippen molar-refractivity contribution in [1.82, 2.24) is 20.0 Å². The smallest absolute Gasteiger partial charge is 0.229 e. The van der Waals surface area contributed by atoms with Crippen molar-refractivity contribution in [1.29, 1.82) is 0 Å². The largest absolute Gasteiger partial charge is 0.353 e. The van der Waals surface area contributed by atoms with Crippen LogP contribution >= 0.6 is 0 Å². The van der Waals surface area contributed by atoms with Crippen LogP contribution in [0, 0.1) is 5.92 Å². The van der Waals surface area contributed by atoms with Gasteiger partial charge >= 0.3 is 0 Å². The van der Waals surface area contributed by atoms with Gasteiger partial charge in [-0.1, -0.05) is 45.7 Å². The summed E-state index contributed by atoms with van der Waals surface area (Å²) in [4.78, 5) is 26.1. The van der Waals surface area contributed by atoms with Crippen molar-refractivity contribution in [3.05, 3.63) is 24.2 Å². The van der Waals surface area contributed by atoms with E-state index in [-0.39, 0.29) is 11.8 Å². The van der Waals surface area contributed by atoms with E-state index in [9.17, 15) is 4.79 Å². The maximum atomic E-state index is 12.8. The van der Waals surface area contributed by atoms with Gasteiger partial charge in [-0.2, -0.15) is 4.98 Å². The molecule has 1 amide bonds. The Hall–Kier alpha value is -2.44. The molecule has 0 atom stereocenters. The van der Waals surface area contributed by atoms with Crippen LogP contribution in [0.3, 0.4) is 0 Å². The van der Waals surface area contributed by atoms with Crippen molar-refractivity contribution >= 4 is 11.7 Å². The second-order valence-electron chi connectivity index (χ2n) is 8.10.